The maximum absolute atomic E-state index is 12.4. The number of aromatic nitrogens is 2. The fourth-order valence-corrected chi connectivity index (χ4v) is 1.93. The van der Waals surface area contributed by atoms with E-state index in [0.717, 1.165) is 5.69 Å². The van der Waals surface area contributed by atoms with Crippen molar-refractivity contribution in [1.29, 1.82) is 0 Å². The van der Waals surface area contributed by atoms with Gasteiger partial charge >= 0.3 is 0 Å². The van der Waals surface area contributed by atoms with E-state index >= 15 is 0 Å². The third kappa shape index (κ3) is 2.80. The highest BCUT2D eigenvalue weighted by Crippen LogP contribution is 2.10. The Morgan fingerprint density at radius 1 is 1.23 bits per heavy atom. The average Bonchev–Trinajstić information content (AvgIpc) is 3.06. The second-order valence-corrected chi connectivity index (χ2v) is 4.62. The molecule has 6 nitrogen and oxygen atoms in total. The van der Waals surface area contributed by atoms with Gasteiger partial charge in [-0.1, -0.05) is 18.2 Å². The number of hydrogen-bond donors (Lipinski definition) is 1. The van der Waals surface area contributed by atoms with Gasteiger partial charge in [-0.3, -0.25) is 10.2 Å². The number of anilines is 1. The van der Waals surface area contributed by atoms with E-state index in [2.05, 4.69) is 15.6 Å². The predicted molar refractivity (Wildman–Crippen MR) is 84.5 cm³/mol. The molecule has 0 radical (unpaired) electrons. The summed E-state index contributed by atoms with van der Waals surface area (Å²) >= 11 is 0. The summed E-state index contributed by atoms with van der Waals surface area (Å²) in [6.07, 6.45) is 4.67. The summed E-state index contributed by atoms with van der Waals surface area (Å²) in [5, 5.41) is 8.20. The lowest BCUT2D eigenvalue weighted by Gasteiger charge is -2.08. The first-order valence-corrected chi connectivity index (χ1v) is 6.72. The van der Waals surface area contributed by atoms with Gasteiger partial charge in [-0.25, -0.2) is 0 Å². The SMILES string of the molecule is Cc1c(N/N=C/c2ccco2)cnn(-c2ccccc2)c1=O. The van der Waals surface area contributed by atoms with E-state index in [-0.39, 0.29) is 5.56 Å². The van der Waals surface area contributed by atoms with Crippen LogP contribution >= 0.6 is 0 Å². The molecule has 0 saturated carbocycles. The molecule has 0 bridgehead atoms. The van der Waals surface area contributed by atoms with Gasteiger partial charge in [-0.05, 0) is 31.2 Å². The molecule has 0 atom stereocenters. The number of hydrogen-bond acceptors (Lipinski definition) is 5. The van der Waals surface area contributed by atoms with Gasteiger partial charge in [0.15, 0.2) is 0 Å². The number of hydrazone groups is 1. The lowest BCUT2D eigenvalue weighted by molar-refractivity contribution is 0.560. The van der Waals surface area contributed by atoms with E-state index in [1.54, 1.807) is 31.5 Å². The van der Waals surface area contributed by atoms with Gasteiger partial charge in [-0.2, -0.15) is 14.9 Å². The third-order valence-corrected chi connectivity index (χ3v) is 3.14. The molecule has 0 unspecified atom stereocenters. The van der Waals surface area contributed by atoms with Crippen molar-refractivity contribution in [2.24, 2.45) is 5.10 Å². The first-order chi connectivity index (χ1) is 10.8. The van der Waals surface area contributed by atoms with Gasteiger partial charge in [0, 0.05) is 5.56 Å². The van der Waals surface area contributed by atoms with Crippen LogP contribution in [0.25, 0.3) is 5.69 Å². The molecule has 2 heterocycles. The van der Waals surface area contributed by atoms with Gasteiger partial charge in [0.05, 0.1) is 30.0 Å². The zero-order valence-corrected chi connectivity index (χ0v) is 11.9. The molecule has 2 aromatic heterocycles. The van der Waals surface area contributed by atoms with Crippen molar-refractivity contribution in [1.82, 2.24) is 9.78 Å². The Kier molecular flexibility index (Phi) is 3.82. The van der Waals surface area contributed by atoms with Crippen molar-refractivity contribution in [3.8, 4) is 5.69 Å². The quantitative estimate of drug-likeness (QED) is 0.593. The monoisotopic (exact) mass is 294 g/mol. The lowest BCUT2D eigenvalue weighted by Crippen LogP contribution is -2.24. The highest BCUT2D eigenvalue weighted by atomic mass is 16.3. The molecular formula is C16H14N4O2. The zero-order chi connectivity index (χ0) is 15.4. The van der Waals surface area contributed by atoms with Gasteiger partial charge in [0.2, 0.25) is 0 Å². The smallest absolute Gasteiger partial charge is 0.276 e. The number of benzene rings is 1. The van der Waals surface area contributed by atoms with Crippen LogP contribution in [-0.4, -0.2) is 16.0 Å². The second-order valence-electron chi connectivity index (χ2n) is 4.62. The molecule has 0 spiro atoms. The lowest BCUT2D eigenvalue weighted by atomic mass is 10.2. The second kappa shape index (κ2) is 6.09. The molecule has 0 aliphatic heterocycles. The van der Waals surface area contributed by atoms with Crippen LogP contribution in [-0.2, 0) is 0 Å². The van der Waals surface area contributed by atoms with Crippen molar-refractivity contribution in [3.05, 3.63) is 76.6 Å². The highest BCUT2D eigenvalue weighted by Gasteiger charge is 2.07. The predicted octanol–water partition coefficient (Wildman–Crippen LogP) is 2.58. The Bertz CT molecular complexity index is 836. The summed E-state index contributed by atoms with van der Waals surface area (Å²) in [6.45, 7) is 1.73. The van der Waals surface area contributed by atoms with Crippen LogP contribution < -0.4 is 11.0 Å². The molecule has 3 rings (SSSR count). The molecule has 0 fully saturated rings. The molecule has 22 heavy (non-hydrogen) atoms. The van der Waals surface area contributed by atoms with Crippen molar-refractivity contribution < 1.29 is 4.42 Å². The van der Waals surface area contributed by atoms with Crippen LogP contribution in [0.2, 0.25) is 0 Å². The number of nitrogens with zero attached hydrogens (tertiary/aromatic N) is 3. The molecule has 110 valence electrons. The van der Waals surface area contributed by atoms with Crippen molar-refractivity contribution >= 4 is 11.9 Å². The van der Waals surface area contributed by atoms with Crippen LogP contribution in [0.4, 0.5) is 5.69 Å². The van der Waals surface area contributed by atoms with E-state index in [1.807, 2.05) is 30.3 Å². The van der Waals surface area contributed by atoms with Crippen LogP contribution in [0.5, 0.6) is 0 Å². The maximum atomic E-state index is 12.4. The van der Waals surface area contributed by atoms with Gasteiger partial charge in [-0.15, -0.1) is 0 Å². The maximum Gasteiger partial charge on any atom is 0.276 e. The normalized spacial score (nSPS) is 11.0. The van der Waals surface area contributed by atoms with Gasteiger partial charge in [0.1, 0.15) is 5.76 Å². The van der Waals surface area contributed by atoms with Crippen molar-refractivity contribution in [2.45, 2.75) is 6.92 Å². The van der Waals surface area contributed by atoms with E-state index in [9.17, 15) is 4.79 Å². The summed E-state index contributed by atoms with van der Waals surface area (Å²) in [5.41, 5.74) is 4.43. The topological polar surface area (TPSA) is 72.4 Å². The molecule has 6 heteroatoms. The molecule has 3 aromatic rings. The van der Waals surface area contributed by atoms with Crippen LogP contribution in [0.3, 0.4) is 0 Å². The van der Waals surface area contributed by atoms with Gasteiger partial charge < -0.3 is 4.42 Å². The number of furan rings is 1. The first kappa shape index (κ1) is 13.8. The molecule has 0 aliphatic carbocycles. The van der Waals surface area contributed by atoms with Crippen molar-refractivity contribution in [3.63, 3.8) is 0 Å². The Hall–Kier alpha value is -3.15. The van der Waals surface area contributed by atoms with Crippen molar-refractivity contribution in [2.75, 3.05) is 5.43 Å². The summed E-state index contributed by atoms with van der Waals surface area (Å²) in [6, 6.07) is 12.8. The van der Waals surface area contributed by atoms with Crippen LogP contribution in [0, 0.1) is 6.92 Å². The molecule has 1 aromatic carbocycles. The number of nitrogens with one attached hydrogen (secondary N) is 1. The Balaban J connectivity index is 1.86. The number of para-hydroxylation sites is 1. The Labute approximate surface area is 126 Å². The van der Waals surface area contributed by atoms with E-state index in [1.165, 1.54) is 10.9 Å². The minimum absolute atomic E-state index is 0.190. The fraction of sp³-hybridized carbons (Fsp3) is 0.0625. The standard InChI is InChI=1S/C16H14N4O2/c1-12-15(19-17-10-14-8-5-9-22-14)11-18-20(16(12)21)13-6-3-2-4-7-13/h2-11,19H,1H3/b17-10+. The van der Waals surface area contributed by atoms with E-state index in [0.29, 0.717) is 17.0 Å². The summed E-state index contributed by atoms with van der Waals surface area (Å²) in [5.74, 6) is 0.621. The molecule has 0 saturated heterocycles. The summed E-state index contributed by atoms with van der Waals surface area (Å²) < 4.78 is 6.49. The zero-order valence-electron chi connectivity index (χ0n) is 11.9. The molecular weight excluding hydrogens is 280 g/mol. The summed E-state index contributed by atoms with van der Waals surface area (Å²) in [4.78, 5) is 12.4. The highest BCUT2D eigenvalue weighted by molar-refractivity contribution is 5.76. The minimum atomic E-state index is -0.190. The Morgan fingerprint density at radius 2 is 2.05 bits per heavy atom. The fourth-order valence-electron chi connectivity index (χ4n) is 1.93. The van der Waals surface area contributed by atoms with E-state index < -0.39 is 0 Å². The van der Waals surface area contributed by atoms with Gasteiger partial charge in [0.25, 0.3) is 5.56 Å². The largest absolute Gasteiger partial charge is 0.463 e. The summed E-state index contributed by atoms with van der Waals surface area (Å²) in [7, 11) is 0. The molecule has 1 N–H and O–H groups in total. The Morgan fingerprint density at radius 3 is 2.77 bits per heavy atom. The first-order valence-electron chi connectivity index (χ1n) is 6.72. The average molecular weight is 294 g/mol. The van der Waals surface area contributed by atoms with Crippen LogP contribution in [0.15, 0.2) is 69.2 Å². The number of rotatable bonds is 4. The van der Waals surface area contributed by atoms with Crippen LogP contribution in [0.1, 0.15) is 11.3 Å². The van der Waals surface area contributed by atoms with E-state index in [4.69, 9.17) is 4.42 Å². The minimum Gasteiger partial charge on any atom is -0.463 e. The molecule has 0 amide bonds. The third-order valence-electron chi connectivity index (χ3n) is 3.14. The molecule has 0 aliphatic rings.